The molecular formula is C8H15NO2S. The van der Waals surface area contributed by atoms with Gasteiger partial charge in [-0.3, -0.25) is 0 Å². The molecule has 4 heteroatoms. The molecule has 0 aliphatic carbocycles. The molecule has 0 amide bonds. The van der Waals surface area contributed by atoms with Crippen LogP contribution in [0.25, 0.3) is 0 Å². The molecule has 2 aliphatic rings. The summed E-state index contributed by atoms with van der Waals surface area (Å²) in [5.74, 6) is 0. The summed E-state index contributed by atoms with van der Waals surface area (Å²) in [5.41, 5.74) is 0. The Morgan fingerprint density at radius 2 is 1.92 bits per heavy atom. The summed E-state index contributed by atoms with van der Waals surface area (Å²) in [6.45, 7) is 3.66. The van der Waals surface area contributed by atoms with Crippen LogP contribution in [-0.4, -0.2) is 40.1 Å². The Labute approximate surface area is 75.7 Å². The standard InChI is InChI=1S/C8H15NO2S/c10-12(9-4-1-5-9)8-2-6-11-7-3-8/h8H,1-7H2. The number of nitrogens with zero attached hydrogens (tertiary/aromatic N) is 1. The normalized spacial score (nSPS) is 29.7. The van der Waals surface area contributed by atoms with Crippen molar-refractivity contribution in [2.24, 2.45) is 0 Å². The Morgan fingerprint density at radius 3 is 2.42 bits per heavy atom. The Balaban J connectivity index is 1.84. The first kappa shape index (κ1) is 8.66. The fourth-order valence-electron chi connectivity index (χ4n) is 1.56. The molecule has 1 unspecified atom stereocenters. The van der Waals surface area contributed by atoms with Gasteiger partial charge in [-0.1, -0.05) is 0 Å². The predicted molar refractivity (Wildman–Crippen MR) is 48.2 cm³/mol. The maximum atomic E-state index is 11.8. The average molecular weight is 189 g/mol. The molecule has 2 aliphatic heterocycles. The number of rotatable bonds is 2. The summed E-state index contributed by atoms with van der Waals surface area (Å²) >= 11 is 0. The van der Waals surface area contributed by atoms with Crippen LogP contribution in [0, 0.1) is 0 Å². The summed E-state index contributed by atoms with van der Waals surface area (Å²) in [7, 11) is -0.711. The number of hydrogen-bond acceptors (Lipinski definition) is 2. The van der Waals surface area contributed by atoms with Gasteiger partial charge in [0.05, 0.1) is 16.2 Å². The van der Waals surface area contributed by atoms with Crippen molar-refractivity contribution in [2.45, 2.75) is 24.5 Å². The highest BCUT2D eigenvalue weighted by Crippen LogP contribution is 2.19. The second-order valence-corrected chi connectivity index (χ2v) is 5.11. The van der Waals surface area contributed by atoms with Crippen LogP contribution < -0.4 is 0 Å². The molecular weight excluding hydrogens is 174 g/mol. The highest BCUT2D eigenvalue weighted by atomic mass is 32.2. The molecule has 70 valence electrons. The lowest BCUT2D eigenvalue weighted by molar-refractivity contribution is 0.0979. The van der Waals surface area contributed by atoms with Gasteiger partial charge in [-0.15, -0.1) is 0 Å². The molecule has 0 spiro atoms. The van der Waals surface area contributed by atoms with Crippen LogP contribution in [0.2, 0.25) is 0 Å². The predicted octanol–water partition coefficient (Wildman–Crippen LogP) is 0.535. The molecule has 0 bridgehead atoms. The van der Waals surface area contributed by atoms with Crippen molar-refractivity contribution >= 4 is 11.0 Å². The molecule has 2 saturated heterocycles. The zero-order valence-electron chi connectivity index (χ0n) is 7.20. The highest BCUT2D eigenvalue weighted by Gasteiger charge is 2.28. The maximum Gasteiger partial charge on any atom is 0.0976 e. The Hall–Kier alpha value is 0.0700. The van der Waals surface area contributed by atoms with Gasteiger partial charge in [0.1, 0.15) is 0 Å². The van der Waals surface area contributed by atoms with Gasteiger partial charge in [-0.05, 0) is 19.3 Å². The average Bonchev–Trinajstić information content (AvgIpc) is 2.03. The Kier molecular flexibility index (Phi) is 2.78. The van der Waals surface area contributed by atoms with E-state index >= 15 is 0 Å². The van der Waals surface area contributed by atoms with Gasteiger partial charge < -0.3 is 4.74 Å². The Bertz CT molecular complexity index is 176. The van der Waals surface area contributed by atoms with Crippen LogP contribution in [0.4, 0.5) is 0 Å². The van der Waals surface area contributed by atoms with Crippen molar-refractivity contribution in [2.75, 3.05) is 26.3 Å². The van der Waals surface area contributed by atoms with Crippen molar-refractivity contribution in [3.05, 3.63) is 0 Å². The first-order chi connectivity index (χ1) is 5.88. The van der Waals surface area contributed by atoms with Gasteiger partial charge in [0.25, 0.3) is 0 Å². The zero-order chi connectivity index (χ0) is 8.39. The quantitative estimate of drug-likeness (QED) is 0.634. The molecule has 2 rings (SSSR count). The third-order valence-corrected chi connectivity index (χ3v) is 4.44. The molecule has 0 aromatic heterocycles. The molecule has 2 fully saturated rings. The van der Waals surface area contributed by atoms with E-state index in [0.717, 1.165) is 39.1 Å². The minimum absolute atomic E-state index is 0.374. The van der Waals surface area contributed by atoms with E-state index in [9.17, 15) is 4.21 Å². The molecule has 12 heavy (non-hydrogen) atoms. The summed E-state index contributed by atoms with van der Waals surface area (Å²) in [6, 6.07) is 0. The Morgan fingerprint density at radius 1 is 1.25 bits per heavy atom. The van der Waals surface area contributed by atoms with Gasteiger partial charge in [0.2, 0.25) is 0 Å². The zero-order valence-corrected chi connectivity index (χ0v) is 8.02. The summed E-state index contributed by atoms with van der Waals surface area (Å²) in [6.07, 6.45) is 3.17. The van der Waals surface area contributed by atoms with Crippen LogP contribution in [-0.2, 0) is 15.7 Å². The lowest BCUT2D eigenvalue weighted by Gasteiger charge is -2.33. The van der Waals surface area contributed by atoms with Crippen LogP contribution in [0.5, 0.6) is 0 Å². The molecule has 0 aromatic rings. The van der Waals surface area contributed by atoms with Crippen molar-refractivity contribution < 1.29 is 8.95 Å². The van der Waals surface area contributed by atoms with E-state index < -0.39 is 11.0 Å². The number of ether oxygens (including phenoxy) is 1. The van der Waals surface area contributed by atoms with E-state index in [1.807, 2.05) is 0 Å². The smallest absolute Gasteiger partial charge is 0.0976 e. The number of hydrogen-bond donors (Lipinski definition) is 0. The monoisotopic (exact) mass is 189 g/mol. The third kappa shape index (κ3) is 1.70. The van der Waals surface area contributed by atoms with Crippen LogP contribution >= 0.6 is 0 Å². The maximum absolute atomic E-state index is 11.8. The lowest BCUT2D eigenvalue weighted by Crippen LogP contribution is -2.44. The van der Waals surface area contributed by atoms with Crippen LogP contribution in [0.15, 0.2) is 0 Å². The van der Waals surface area contributed by atoms with E-state index in [-0.39, 0.29) is 0 Å². The summed E-state index contributed by atoms with van der Waals surface area (Å²) in [4.78, 5) is 0. The van der Waals surface area contributed by atoms with Crippen LogP contribution in [0.3, 0.4) is 0 Å². The fourth-order valence-corrected chi connectivity index (χ4v) is 3.19. The third-order valence-electron chi connectivity index (χ3n) is 2.52. The molecule has 0 saturated carbocycles. The minimum atomic E-state index is -0.711. The van der Waals surface area contributed by atoms with Gasteiger partial charge in [-0.25, -0.2) is 8.51 Å². The minimum Gasteiger partial charge on any atom is -0.381 e. The largest absolute Gasteiger partial charge is 0.381 e. The SMILES string of the molecule is O=S(C1CCOCC1)N1CCC1. The van der Waals surface area contributed by atoms with Gasteiger partial charge in [0.15, 0.2) is 0 Å². The first-order valence-corrected chi connectivity index (χ1v) is 5.78. The second kappa shape index (κ2) is 3.85. The molecule has 3 nitrogen and oxygen atoms in total. The van der Waals surface area contributed by atoms with E-state index in [1.54, 1.807) is 0 Å². The van der Waals surface area contributed by atoms with Gasteiger partial charge in [-0.2, -0.15) is 0 Å². The van der Waals surface area contributed by atoms with E-state index in [2.05, 4.69) is 4.31 Å². The van der Waals surface area contributed by atoms with E-state index in [4.69, 9.17) is 4.74 Å². The summed E-state index contributed by atoms with van der Waals surface area (Å²) < 4.78 is 19.1. The summed E-state index contributed by atoms with van der Waals surface area (Å²) in [5, 5.41) is 0.374. The first-order valence-electron chi connectivity index (χ1n) is 4.61. The molecule has 2 heterocycles. The van der Waals surface area contributed by atoms with Crippen LogP contribution in [0.1, 0.15) is 19.3 Å². The lowest BCUT2D eigenvalue weighted by atomic mass is 10.2. The second-order valence-electron chi connectivity index (χ2n) is 3.37. The molecule has 1 atom stereocenters. The van der Waals surface area contributed by atoms with Gasteiger partial charge >= 0.3 is 0 Å². The molecule has 0 radical (unpaired) electrons. The van der Waals surface area contributed by atoms with Crippen molar-refractivity contribution in [1.29, 1.82) is 0 Å². The highest BCUT2D eigenvalue weighted by molar-refractivity contribution is 7.83. The topological polar surface area (TPSA) is 29.5 Å². The molecule has 0 N–H and O–H groups in total. The van der Waals surface area contributed by atoms with Crippen molar-refractivity contribution in [3.8, 4) is 0 Å². The fraction of sp³-hybridized carbons (Fsp3) is 1.00. The van der Waals surface area contributed by atoms with Crippen molar-refractivity contribution in [1.82, 2.24) is 4.31 Å². The van der Waals surface area contributed by atoms with E-state index in [0.29, 0.717) is 5.25 Å². The molecule has 0 aromatic carbocycles. The van der Waals surface area contributed by atoms with Crippen molar-refractivity contribution in [3.63, 3.8) is 0 Å². The van der Waals surface area contributed by atoms with Gasteiger partial charge in [0, 0.05) is 26.3 Å². The van der Waals surface area contributed by atoms with E-state index in [1.165, 1.54) is 6.42 Å².